The van der Waals surface area contributed by atoms with E-state index >= 15 is 0 Å². The largest absolute Gasteiger partial charge is 0.354 e. The maximum Gasteiger partial charge on any atom is 0.245 e. The van der Waals surface area contributed by atoms with Crippen molar-refractivity contribution in [2.45, 2.75) is 44.6 Å². The van der Waals surface area contributed by atoms with Crippen molar-refractivity contribution in [2.24, 2.45) is 0 Å². The first kappa shape index (κ1) is 17.1. The molecule has 0 aliphatic carbocycles. The molecule has 2 atom stereocenters. The summed E-state index contributed by atoms with van der Waals surface area (Å²) in [6, 6.07) is 6.81. The minimum absolute atomic E-state index is 0.160. The van der Waals surface area contributed by atoms with Crippen LogP contribution in [0.3, 0.4) is 0 Å². The molecule has 1 saturated heterocycles. The second-order valence-corrected chi connectivity index (χ2v) is 7.77. The van der Waals surface area contributed by atoms with Gasteiger partial charge in [-0.2, -0.15) is 4.31 Å². The summed E-state index contributed by atoms with van der Waals surface area (Å²) in [5.41, 5.74) is 0.935. The summed E-state index contributed by atoms with van der Waals surface area (Å²) in [4.78, 5) is 0.256. The van der Waals surface area contributed by atoms with E-state index in [-0.39, 0.29) is 11.4 Å². The van der Waals surface area contributed by atoms with Gasteiger partial charge in [0.1, 0.15) is 0 Å². The Hall–Kier alpha value is -1.21. The van der Waals surface area contributed by atoms with Crippen LogP contribution >= 0.6 is 0 Å². The zero-order chi connectivity index (χ0) is 16.5. The molecule has 5 nitrogen and oxygen atoms in total. The van der Waals surface area contributed by atoms with Gasteiger partial charge in [0.25, 0.3) is 0 Å². The summed E-state index contributed by atoms with van der Waals surface area (Å²) in [6.45, 7) is 7.64. The standard InChI is InChI=1S/C16H23NO4S/c1-12(2)10-16(4)17(11-15(20-5)21-16)22(18,19)14-8-6-13(3)7-9-14/h6-10,15H,11H2,1-5H3. The number of allylic oxidation sites excluding steroid dienone is 1. The Morgan fingerprint density at radius 2 is 1.95 bits per heavy atom. The molecule has 2 rings (SSSR count). The van der Waals surface area contributed by atoms with Gasteiger partial charge in [0, 0.05) is 7.11 Å². The molecule has 6 heteroatoms. The fourth-order valence-corrected chi connectivity index (χ4v) is 4.24. The average Bonchev–Trinajstić information content (AvgIpc) is 2.75. The van der Waals surface area contributed by atoms with Crippen molar-refractivity contribution in [3.63, 3.8) is 0 Å². The zero-order valence-electron chi connectivity index (χ0n) is 13.7. The fraction of sp³-hybridized carbons (Fsp3) is 0.500. The van der Waals surface area contributed by atoms with Crippen LogP contribution in [-0.4, -0.2) is 38.4 Å². The SMILES string of the molecule is COC1CN(S(=O)(=O)c2ccc(C)cc2)C(C)(C=C(C)C)O1. The van der Waals surface area contributed by atoms with Crippen LogP contribution in [0.5, 0.6) is 0 Å². The van der Waals surface area contributed by atoms with Crippen molar-refractivity contribution in [3.05, 3.63) is 41.5 Å². The van der Waals surface area contributed by atoms with Crippen LogP contribution < -0.4 is 0 Å². The van der Waals surface area contributed by atoms with Crippen molar-refractivity contribution >= 4 is 10.0 Å². The molecule has 2 unspecified atom stereocenters. The van der Waals surface area contributed by atoms with E-state index in [0.717, 1.165) is 11.1 Å². The molecule has 0 N–H and O–H groups in total. The summed E-state index contributed by atoms with van der Waals surface area (Å²) in [5, 5.41) is 0. The quantitative estimate of drug-likeness (QED) is 0.799. The monoisotopic (exact) mass is 325 g/mol. The lowest BCUT2D eigenvalue weighted by atomic mass is 10.2. The number of benzene rings is 1. The van der Waals surface area contributed by atoms with Crippen molar-refractivity contribution in [2.75, 3.05) is 13.7 Å². The highest BCUT2D eigenvalue weighted by atomic mass is 32.2. The topological polar surface area (TPSA) is 55.8 Å². The molecular weight excluding hydrogens is 302 g/mol. The Labute approximate surface area is 132 Å². The lowest BCUT2D eigenvalue weighted by molar-refractivity contribution is -0.136. The van der Waals surface area contributed by atoms with Gasteiger partial charge in [-0.3, -0.25) is 0 Å². The highest BCUT2D eigenvalue weighted by Crippen LogP contribution is 2.35. The molecule has 0 saturated carbocycles. The van der Waals surface area contributed by atoms with Gasteiger partial charge in [0.15, 0.2) is 12.0 Å². The average molecular weight is 325 g/mol. The Morgan fingerprint density at radius 3 is 2.45 bits per heavy atom. The minimum atomic E-state index is -3.67. The number of aryl methyl sites for hydroxylation is 1. The van der Waals surface area contributed by atoms with E-state index in [0.29, 0.717) is 0 Å². The van der Waals surface area contributed by atoms with E-state index < -0.39 is 22.0 Å². The maximum atomic E-state index is 13.0. The van der Waals surface area contributed by atoms with Gasteiger partial charge >= 0.3 is 0 Å². The molecule has 1 aromatic rings. The van der Waals surface area contributed by atoms with E-state index in [1.54, 1.807) is 37.3 Å². The van der Waals surface area contributed by atoms with Gasteiger partial charge in [-0.15, -0.1) is 0 Å². The number of rotatable bonds is 4. The Morgan fingerprint density at radius 1 is 1.36 bits per heavy atom. The number of hydrogen-bond donors (Lipinski definition) is 0. The molecule has 22 heavy (non-hydrogen) atoms. The van der Waals surface area contributed by atoms with Gasteiger partial charge in [-0.25, -0.2) is 8.42 Å². The lowest BCUT2D eigenvalue weighted by Gasteiger charge is -2.30. The molecular formula is C16H23NO4S. The first-order valence-corrected chi connectivity index (χ1v) is 8.59. The molecule has 122 valence electrons. The second-order valence-electron chi connectivity index (χ2n) is 5.91. The third kappa shape index (κ3) is 3.25. The summed E-state index contributed by atoms with van der Waals surface area (Å²) in [5.74, 6) is 0. The minimum Gasteiger partial charge on any atom is -0.354 e. The summed E-state index contributed by atoms with van der Waals surface area (Å²) >= 11 is 0. The van der Waals surface area contributed by atoms with Gasteiger partial charge in [-0.05, 0) is 45.9 Å². The number of sulfonamides is 1. The Kier molecular flexibility index (Phi) is 4.77. The number of ether oxygens (including phenoxy) is 2. The van der Waals surface area contributed by atoms with Crippen LogP contribution in [0.25, 0.3) is 0 Å². The molecule has 1 aromatic carbocycles. The van der Waals surface area contributed by atoms with Gasteiger partial charge in [-0.1, -0.05) is 23.3 Å². The van der Waals surface area contributed by atoms with Gasteiger partial charge in [0.2, 0.25) is 10.0 Å². The molecule has 1 fully saturated rings. The summed E-state index contributed by atoms with van der Waals surface area (Å²) in [7, 11) is -2.16. The highest BCUT2D eigenvalue weighted by molar-refractivity contribution is 7.89. The molecule has 1 aliphatic rings. The number of hydrogen-bond acceptors (Lipinski definition) is 4. The maximum absolute atomic E-state index is 13.0. The number of nitrogens with zero attached hydrogens (tertiary/aromatic N) is 1. The number of methoxy groups -OCH3 is 1. The molecule has 0 aromatic heterocycles. The fourth-order valence-electron chi connectivity index (χ4n) is 2.62. The normalized spacial score (nSPS) is 26.1. The van der Waals surface area contributed by atoms with Gasteiger partial charge in [0.05, 0.1) is 11.4 Å². The third-order valence-electron chi connectivity index (χ3n) is 3.61. The summed E-state index contributed by atoms with van der Waals surface area (Å²) in [6.07, 6.45) is 1.22. The highest BCUT2D eigenvalue weighted by Gasteiger charge is 2.48. The zero-order valence-corrected chi connectivity index (χ0v) is 14.5. The Balaban J connectivity index is 2.47. The molecule has 1 heterocycles. The van der Waals surface area contributed by atoms with Crippen LogP contribution in [0.1, 0.15) is 26.3 Å². The third-order valence-corrected chi connectivity index (χ3v) is 5.57. The van der Waals surface area contributed by atoms with Crippen molar-refractivity contribution in [1.82, 2.24) is 4.31 Å². The first-order valence-electron chi connectivity index (χ1n) is 7.15. The van der Waals surface area contributed by atoms with Crippen LogP contribution in [0, 0.1) is 6.92 Å². The lowest BCUT2D eigenvalue weighted by Crippen LogP contribution is -2.44. The van der Waals surface area contributed by atoms with E-state index in [4.69, 9.17) is 9.47 Å². The van der Waals surface area contributed by atoms with Crippen molar-refractivity contribution < 1.29 is 17.9 Å². The first-order chi connectivity index (χ1) is 10.2. The van der Waals surface area contributed by atoms with E-state index in [1.807, 2.05) is 20.8 Å². The van der Waals surface area contributed by atoms with Crippen molar-refractivity contribution in [3.8, 4) is 0 Å². The molecule has 0 spiro atoms. The molecule has 0 bridgehead atoms. The van der Waals surface area contributed by atoms with E-state index in [1.165, 1.54) is 11.4 Å². The summed E-state index contributed by atoms with van der Waals surface area (Å²) < 4.78 is 38.3. The predicted octanol–water partition coefficient (Wildman–Crippen LogP) is 2.67. The smallest absolute Gasteiger partial charge is 0.245 e. The molecule has 1 aliphatic heterocycles. The molecule has 0 amide bonds. The van der Waals surface area contributed by atoms with Crippen molar-refractivity contribution in [1.29, 1.82) is 0 Å². The van der Waals surface area contributed by atoms with E-state index in [9.17, 15) is 8.42 Å². The van der Waals surface area contributed by atoms with Crippen LogP contribution in [-0.2, 0) is 19.5 Å². The Bertz CT molecular complexity index is 662. The van der Waals surface area contributed by atoms with Crippen LogP contribution in [0.15, 0.2) is 40.8 Å². The second kappa shape index (κ2) is 6.12. The van der Waals surface area contributed by atoms with Gasteiger partial charge < -0.3 is 9.47 Å². The van der Waals surface area contributed by atoms with E-state index in [2.05, 4.69) is 0 Å². The van der Waals surface area contributed by atoms with Crippen LogP contribution in [0.2, 0.25) is 0 Å². The molecule has 0 radical (unpaired) electrons. The van der Waals surface area contributed by atoms with Crippen LogP contribution in [0.4, 0.5) is 0 Å². The predicted molar refractivity (Wildman–Crippen MR) is 84.8 cm³/mol.